The minimum absolute atomic E-state index is 0.257. The van der Waals surface area contributed by atoms with Crippen molar-refractivity contribution in [2.24, 2.45) is 0 Å². The molecule has 2 aliphatic heterocycles. The lowest BCUT2D eigenvalue weighted by Gasteiger charge is -2.35. The number of aliphatic hydroxyl groups is 1. The number of nitrogens with zero attached hydrogens (tertiary/aromatic N) is 2. The third-order valence-electron chi connectivity index (χ3n) is 9.72. The standard InChI is InChI=1S/C40H28N2O4/c1-19-13-20(2)16-23(15-19)41-37(43)29-9-5-25-27-7-11-31-36-32(40(46)42(39(31)45)24-17-21(3)14-22(4)18-24)12-8-28(34(27)36)26-6-10-30(38(41)44)35(29)33(25)26/h5-18,37,43H,1-4H3. The summed E-state index contributed by atoms with van der Waals surface area (Å²) in [5.41, 5.74) is 7.36. The van der Waals surface area contributed by atoms with Gasteiger partial charge < -0.3 is 5.11 Å². The average Bonchev–Trinajstić information content (AvgIpc) is 3.01. The van der Waals surface area contributed by atoms with Crippen LogP contribution in [-0.4, -0.2) is 22.8 Å². The summed E-state index contributed by atoms with van der Waals surface area (Å²) in [7, 11) is 0. The van der Waals surface area contributed by atoms with Crippen LogP contribution in [0, 0.1) is 27.7 Å². The van der Waals surface area contributed by atoms with Gasteiger partial charge in [-0.3, -0.25) is 19.3 Å². The summed E-state index contributed by atoms with van der Waals surface area (Å²) in [4.78, 5) is 44.9. The van der Waals surface area contributed by atoms with Crippen molar-refractivity contribution in [1.82, 2.24) is 0 Å². The lowest BCUT2D eigenvalue weighted by Crippen LogP contribution is -2.40. The molecule has 0 aromatic heterocycles. The van der Waals surface area contributed by atoms with Crippen LogP contribution in [0.15, 0.2) is 84.9 Å². The van der Waals surface area contributed by atoms with Gasteiger partial charge in [-0.25, -0.2) is 4.90 Å². The van der Waals surface area contributed by atoms with Gasteiger partial charge in [0, 0.05) is 38.7 Å². The molecule has 3 amide bonds. The molecule has 0 saturated heterocycles. The SMILES string of the molecule is Cc1cc(C)cc(N2C(=O)c3ccc4c5ccc6c7c(ccc(c8ccc(c3c48)C2=O)c75)C(O)N(c2cc(C)cc(C)c2)C6=O)c1. The van der Waals surface area contributed by atoms with Crippen molar-refractivity contribution >= 4 is 72.2 Å². The van der Waals surface area contributed by atoms with Crippen LogP contribution in [-0.2, 0) is 0 Å². The van der Waals surface area contributed by atoms with E-state index in [1.54, 1.807) is 0 Å². The van der Waals surface area contributed by atoms with Crippen molar-refractivity contribution in [3.8, 4) is 0 Å². The highest BCUT2D eigenvalue weighted by molar-refractivity contribution is 6.43. The van der Waals surface area contributed by atoms with Gasteiger partial charge in [-0.1, -0.05) is 42.5 Å². The van der Waals surface area contributed by atoms with Gasteiger partial charge in [0.15, 0.2) is 6.23 Å². The number of aryl methyl sites for hydroxylation is 4. The summed E-state index contributed by atoms with van der Waals surface area (Å²) in [6.45, 7) is 7.87. The number of carbonyl (C=O) groups is 3. The maximum atomic E-state index is 14.1. The van der Waals surface area contributed by atoms with E-state index in [9.17, 15) is 19.5 Å². The number of anilines is 2. The van der Waals surface area contributed by atoms with Crippen molar-refractivity contribution in [2.45, 2.75) is 33.9 Å². The van der Waals surface area contributed by atoms with Gasteiger partial charge in [-0.2, -0.15) is 0 Å². The molecule has 7 aromatic carbocycles. The molecule has 6 heteroatoms. The van der Waals surface area contributed by atoms with E-state index >= 15 is 0 Å². The number of fused-ring (bicyclic) bond motifs is 2. The molecule has 0 radical (unpaired) electrons. The van der Waals surface area contributed by atoms with Gasteiger partial charge in [0.2, 0.25) is 0 Å². The Morgan fingerprint density at radius 1 is 0.478 bits per heavy atom. The monoisotopic (exact) mass is 600 g/mol. The van der Waals surface area contributed by atoms with Gasteiger partial charge in [-0.05, 0) is 125 Å². The van der Waals surface area contributed by atoms with E-state index in [2.05, 4.69) is 0 Å². The first kappa shape index (κ1) is 26.8. The van der Waals surface area contributed by atoms with E-state index in [0.29, 0.717) is 39.0 Å². The molecule has 9 rings (SSSR count). The Kier molecular flexibility index (Phi) is 5.24. The lowest BCUT2D eigenvalue weighted by atomic mass is 9.82. The lowest BCUT2D eigenvalue weighted by molar-refractivity contribution is 0.0872. The fourth-order valence-electron chi connectivity index (χ4n) is 8.04. The molecule has 6 nitrogen and oxygen atoms in total. The van der Waals surface area contributed by atoms with E-state index in [1.165, 1.54) is 9.80 Å². The highest BCUT2D eigenvalue weighted by Gasteiger charge is 2.38. The molecule has 1 atom stereocenters. The molecule has 0 spiro atoms. The van der Waals surface area contributed by atoms with E-state index in [-0.39, 0.29) is 17.7 Å². The second-order valence-electron chi connectivity index (χ2n) is 12.9. The molecule has 0 aliphatic carbocycles. The second kappa shape index (κ2) is 8.99. The molecule has 0 saturated carbocycles. The van der Waals surface area contributed by atoms with Crippen LogP contribution in [0.3, 0.4) is 0 Å². The minimum Gasteiger partial charge on any atom is -0.369 e. The highest BCUT2D eigenvalue weighted by Crippen LogP contribution is 2.48. The normalized spacial score (nSPS) is 16.2. The summed E-state index contributed by atoms with van der Waals surface area (Å²) in [6.07, 6.45) is -1.16. The Morgan fingerprint density at radius 2 is 0.891 bits per heavy atom. The van der Waals surface area contributed by atoms with Crippen LogP contribution in [0.25, 0.3) is 43.1 Å². The number of rotatable bonds is 2. The summed E-state index contributed by atoms with van der Waals surface area (Å²) in [6, 6.07) is 26.9. The zero-order valence-corrected chi connectivity index (χ0v) is 25.7. The van der Waals surface area contributed by atoms with E-state index in [1.807, 2.05) is 113 Å². The number of hydrogen-bond acceptors (Lipinski definition) is 4. The highest BCUT2D eigenvalue weighted by atomic mass is 16.3. The van der Waals surface area contributed by atoms with Crippen molar-refractivity contribution in [2.75, 3.05) is 9.80 Å². The molecule has 222 valence electrons. The van der Waals surface area contributed by atoms with Crippen molar-refractivity contribution in [1.29, 1.82) is 0 Å². The van der Waals surface area contributed by atoms with Gasteiger partial charge in [0.1, 0.15) is 0 Å². The molecule has 2 aliphatic rings. The van der Waals surface area contributed by atoms with E-state index in [0.717, 1.165) is 60.0 Å². The maximum absolute atomic E-state index is 14.1. The van der Waals surface area contributed by atoms with Crippen LogP contribution in [0.4, 0.5) is 11.4 Å². The molecule has 1 N–H and O–H groups in total. The Bertz CT molecular complexity index is 2450. The summed E-state index contributed by atoms with van der Waals surface area (Å²) < 4.78 is 0. The minimum atomic E-state index is -1.16. The molecule has 7 aromatic rings. The second-order valence-corrected chi connectivity index (χ2v) is 12.9. The smallest absolute Gasteiger partial charge is 0.265 e. The Labute approximate surface area is 264 Å². The number of aliphatic hydroxyl groups excluding tert-OH is 1. The molecule has 1 unspecified atom stereocenters. The van der Waals surface area contributed by atoms with E-state index in [4.69, 9.17) is 0 Å². The molecule has 46 heavy (non-hydrogen) atoms. The Balaban J connectivity index is 1.30. The fraction of sp³-hybridized carbons (Fsp3) is 0.125. The van der Waals surface area contributed by atoms with Crippen LogP contribution < -0.4 is 9.80 Å². The van der Waals surface area contributed by atoms with Crippen LogP contribution >= 0.6 is 0 Å². The topological polar surface area (TPSA) is 77.9 Å². The zero-order chi connectivity index (χ0) is 31.8. The molecule has 0 fully saturated rings. The quantitative estimate of drug-likeness (QED) is 0.123. The first-order chi connectivity index (χ1) is 22.1. The van der Waals surface area contributed by atoms with Crippen molar-refractivity contribution < 1.29 is 19.5 Å². The van der Waals surface area contributed by atoms with Gasteiger partial charge in [0.25, 0.3) is 17.7 Å². The Hall–Kier alpha value is -5.59. The first-order valence-electron chi connectivity index (χ1n) is 15.4. The number of carbonyl (C=O) groups excluding carboxylic acids is 3. The maximum Gasteiger partial charge on any atom is 0.265 e. The van der Waals surface area contributed by atoms with Crippen LogP contribution in [0.2, 0.25) is 0 Å². The largest absolute Gasteiger partial charge is 0.369 e. The van der Waals surface area contributed by atoms with Crippen LogP contribution in [0.1, 0.15) is 65.1 Å². The predicted molar refractivity (Wildman–Crippen MR) is 182 cm³/mol. The molecular weight excluding hydrogens is 572 g/mol. The first-order valence-corrected chi connectivity index (χ1v) is 15.4. The van der Waals surface area contributed by atoms with Crippen molar-refractivity contribution in [3.05, 3.63) is 129 Å². The fourth-order valence-corrected chi connectivity index (χ4v) is 8.04. The summed E-state index contributed by atoms with van der Waals surface area (Å²) in [5.74, 6) is -0.947. The van der Waals surface area contributed by atoms with Gasteiger partial charge in [-0.15, -0.1) is 0 Å². The molecular formula is C40H28N2O4. The number of benzene rings is 7. The van der Waals surface area contributed by atoms with Gasteiger partial charge in [0.05, 0.1) is 5.69 Å². The third-order valence-corrected chi connectivity index (χ3v) is 9.72. The number of imide groups is 1. The Morgan fingerprint density at radius 3 is 1.39 bits per heavy atom. The summed E-state index contributed by atoms with van der Waals surface area (Å²) >= 11 is 0. The van der Waals surface area contributed by atoms with E-state index < -0.39 is 6.23 Å². The van der Waals surface area contributed by atoms with Gasteiger partial charge >= 0.3 is 0 Å². The molecule has 0 bridgehead atoms. The number of amides is 3. The molecule has 2 heterocycles. The van der Waals surface area contributed by atoms with Crippen molar-refractivity contribution in [3.63, 3.8) is 0 Å². The van der Waals surface area contributed by atoms with Crippen LogP contribution in [0.5, 0.6) is 0 Å². The third kappa shape index (κ3) is 3.36. The zero-order valence-electron chi connectivity index (χ0n) is 25.7. The number of hydrogen-bond donors (Lipinski definition) is 1. The average molecular weight is 601 g/mol. The predicted octanol–water partition coefficient (Wildman–Crippen LogP) is 8.42. The summed E-state index contributed by atoms with van der Waals surface area (Å²) in [5, 5.41) is 18.4.